The van der Waals surface area contributed by atoms with Crippen LogP contribution in [0.5, 0.6) is 0 Å². The lowest BCUT2D eigenvalue weighted by Crippen LogP contribution is -2.49. The number of fused-ring (bicyclic) bond motifs is 1. The summed E-state index contributed by atoms with van der Waals surface area (Å²) in [7, 11) is 1.84. The molecule has 1 amide bonds. The number of anilines is 3. The molecule has 2 aliphatic rings. The van der Waals surface area contributed by atoms with Crippen molar-refractivity contribution in [2.45, 2.75) is 18.8 Å². The van der Waals surface area contributed by atoms with Crippen LogP contribution in [0.25, 0.3) is 0 Å². The maximum atomic E-state index is 14.0. The van der Waals surface area contributed by atoms with E-state index < -0.39 is 23.3 Å². The smallest absolute Gasteiger partial charge is 0.372 e. The molecule has 1 atom stereocenters. The molecule has 1 N–H and O–H groups in total. The van der Waals surface area contributed by atoms with Crippen molar-refractivity contribution in [2.24, 2.45) is 0 Å². The Morgan fingerprint density at radius 1 is 1.02 bits per heavy atom. The number of pyridine rings is 1. The Kier molecular flexibility index (Phi) is 7.51. The maximum absolute atomic E-state index is 14.0. The average Bonchev–Trinajstić information content (AvgIpc) is 3.38. The molecule has 43 heavy (non-hydrogen) atoms. The molecule has 6 rings (SSSR count). The van der Waals surface area contributed by atoms with Crippen molar-refractivity contribution < 1.29 is 18.0 Å². The van der Waals surface area contributed by atoms with Crippen molar-refractivity contribution in [2.75, 3.05) is 54.5 Å². The van der Waals surface area contributed by atoms with Crippen molar-refractivity contribution in [1.82, 2.24) is 20.1 Å². The number of rotatable bonds is 6. The van der Waals surface area contributed by atoms with E-state index in [-0.39, 0.29) is 18.1 Å². The SMILES string of the molecule is CN(CC1c2ccccc2CN1c1cn[nH]c(=O)c1C(F)(F)F)c1cccc(C(=O)N2CCN(c3ccccn3)CC2)c1. The van der Waals surface area contributed by atoms with Crippen LogP contribution >= 0.6 is 0 Å². The maximum Gasteiger partial charge on any atom is 0.423 e. The van der Waals surface area contributed by atoms with Crippen LogP contribution in [-0.4, -0.2) is 65.8 Å². The number of piperazine rings is 1. The molecule has 222 valence electrons. The second-order valence-electron chi connectivity index (χ2n) is 10.7. The molecule has 1 fully saturated rings. The molecule has 0 spiro atoms. The number of nitrogens with zero attached hydrogens (tertiary/aromatic N) is 6. The Hall–Kier alpha value is -4.87. The summed E-state index contributed by atoms with van der Waals surface area (Å²) in [5, 5.41) is 5.62. The van der Waals surface area contributed by atoms with Crippen molar-refractivity contribution in [1.29, 1.82) is 0 Å². The third-order valence-corrected chi connectivity index (χ3v) is 8.08. The number of nitrogens with one attached hydrogen (secondary N) is 1. The van der Waals surface area contributed by atoms with Crippen molar-refractivity contribution in [3.63, 3.8) is 0 Å². The zero-order valence-electron chi connectivity index (χ0n) is 23.5. The number of carbonyl (C=O) groups is 1. The fourth-order valence-electron chi connectivity index (χ4n) is 5.90. The van der Waals surface area contributed by atoms with Gasteiger partial charge in [-0.2, -0.15) is 18.3 Å². The zero-order chi connectivity index (χ0) is 30.1. The number of alkyl halides is 3. The number of amides is 1. The van der Waals surface area contributed by atoms with Gasteiger partial charge in [-0.15, -0.1) is 0 Å². The normalized spacial score (nSPS) is 16.7. The topological polar surface area (TPSA) is 88.7 Å². The van der Waals surface area contributed by atoms with E-state index in [1.54, 1.807) is 17.2 Å². The minimum absolute atomic E-state index is 0.0758. The predicted octanol–water partition coefficient (Wildman–Crippen LogP) is 4.34. The Morgan fingerprint density at radius 2 is 1.79 bits per heavy atom. The fourth-order valence-corrected chi connectivity index (χ4v) is 5.90. The summed E-state index contributed by atoms with van der Waals surface area (Å²) >= 11 is 0. The second-order valence-corrected chi connectivity index (χ2v) is 10.7. The molecule has 2 aliphatic heterocycles. The molecule has 2 aromatic heterocycles. The van der Waals surface area contributed by atoms with Gasteiger partial charge in [0.1, 0.15) is 11.4 Å². The number of likely N-dealkylation sites (N-methyl/N-ethyl adjacent to an activating group) is 1. The van der Waals surface area contributed by atoms with Crippen LogP contribution in [-0.2, 0) is 12.7 Å². The number of benzene rings is 2. The lowest BCUT2D eigenvalue weighted by Gasteiger charge is -2.35. The number of hydrogen-bond acceptors (Lipinski definition) is 7. The molecule has 0 aliphatic carbocycles. The van der Waals surface area contributed by atoms with Gasteiger partial charge in [0, 0.05) is 63.8 Å². The van der Waals surface area contributed by atoms with E-state index in [1.807, 2.05) is 82.6 Å². The minimum atomic E-state index is -4.85. The quantitative estimate of drug-likeness (QED) is 0.358. The molecule has 0 radical (unpaired) electrons. The van der Waals surface area contributed by atoms with Gasteiger partial charge in [0.15, 0.2) is 0 Å². The standard InChI is InChI=1S/C31H30F3N7O2/c1-38(23-9-6-8-21(17-23)30(43)40-15-13-39(14-16-40)27-11-4-5-12-35-27)20-26-24-10-3-2-7-22(24)19-41(26)25-18-36-37-29(42)28(25)31(32,33)34/h2-12,17-18,26H,13-16,19-20H2,1H3,(H,37,42). The number of carbonyl (C=O) groups excluding carboxylic acids is 1. The highest BCUT2D eigenvalue weighted by Gasteiger charge is 2.42. The monoisotopic (exact) mass is 589 g/mol. The van der Waals surface area contributed by atoms with Crippen LogP contribution in [0.4, 0.5) is 30.4 Å². The summed E-state index contributed by atoms with van der Waals surface area (Å²) in [6, 6.07) is 20.0. The van der Waals surface area contributed by atoms with E-state index in [2.05, 4.69) is 15.0 Å². The summed E-state index contributed by atoms with van der Waals surface area (Å²) in [4.78, 5) is 37.6. The molecule has 0 bridgehead atoms. The lowest BCUT2D eigenvalue weighted by molar-refractivity contribution is -0.138. The van der Waals surface area contributed by atoms with E-state index in [0.29, 0.717) is 38.3 Å². The van der Waals surface area contributed by atoms with Gasteiger partial charge in [-0.25, -0.2) is 10.1 Å². The van der Waals surface area contributed by atoms with Crippen LogP contribution < -0.4 is 20.3 Å². The molecular formula is C31H30F3N7O2. The summed E-state index contributed by atoms with van der Waals surface area (Å²) in [5.41, 5.74) is 0.238. The molecule has 4 heterocycles. The first-order valence-electron chi connectivity index (χ1n) is 14.0. The van der Waals surface area contributed by atoms with Gasteiger partial charge in [-0.05, 0) is 41.5 Å². The first kappa shape index (κ1) is 28.3. The van der Waals surface area contributed by atoms with Crippen LogP contribution in [0.15, 0.2) is 83.9 Å². The van der Waals surface area contributed by atoms with E-state index in [0.717, 1.165) is 28.8 Å². The van der Waals surface area contributed by atoms with Crippen LogP contribution in [0.1, 0.15) is 33.1 Å². The van der Waals surface area contributed by atoms with Crippen molar-refractivity contribution >= 4 is 23.1 Å². The molecule has 12 heteroatoms. The van der Waals surface area contributed by atoms with Crippen LogP contribution in [0.2, 0.25) is 0 Å². The third-order valence-electron chi connectivity index (χ3n) is 8.08. The molecule has 0 saturated carbocycles. The zero-order valence-corrected chi connectivity index (χ0v) is 23.5. The minimum Gasteiger partial charge on any atom is -0.372 e. The van der Waals surface area contributed by atoms with Crippen molar-refractivity contribution in [3.05, 3.63) is 112 Å². The Balaban J connectivity index is 1.22. The largest absolute Gasteiger partial charge is 0.423 e. The van der Waals surface area contributed by atoms with Gasteiger partial charge >= 0.3 is 6.18 Å². The van der Waals surface area contributed by atoms with Gasteiger partial charge < -0.3 is 19.6 Å². The summed E-state index contributed by atoms with van der Waals surface area (Å²) < 4.78 is 42.0. The van der Waals surface area contributed by atoms with Gasteiger partial charge in [-0.1, -0.05) is 36.4 Å². The highest BCUT2D eigenvalue weighted by molar-refractivity contribution is 5.95. The van der Waals surface area contributed by atoms with E-state index in [1.165, 1.54) is 0 Å². The molecular weight excluding hydrogens is 559 g/mol. The predicted molar refractivity (Wildman–Crippen MR) is 157 cm³/mol. The highest BCUT2D eigenvalue weighted by Crippen LogP contribution is 2.42. The number of aromatic nitrogens is 3. The molecule has 1 saturated heterocycles. The summed E-state index contributed by atoms with van der Waals surface area (Å²) in [5.74, 6) is 0.812. The number of halogens is 3. The van der Waals surface area contributed by atoms with E-state index >= 15 is 0 Å². The van der Waals surface area contributed by atoms with Crippen molar-refractivity contribution in [3.8, 4) is 0 Å². The number of H-pyrrole nitrogens is 1. The fraction of sp³-hybridized carbons (Fsp3) is 0.290. The molecule has 4 aromatic rings. The average molecular weight is 590 g/mol. The highest BCUT2D eigenvalue weighted by atomic mass is 19.4. The molecule has 1 unspecified atom stereocenters. The first-order chi connectivity index (χ1) is 20.7. The van der Waals surface area contributed by atoms with Crippen LogP contribution in [0, 0.1) is 0 Å². The van der Waals surface area contributed by atoms with E-state index in [4.69, 9.17) is 0 Å². The Bertz CT molecular complexity index is 1670. The first-order valence-corrected chi connectivity index (χ1v) is 14.0. The van der Waals surface area contributed by atoms with Gasteiger partial charge in [0.25, 0.3) is 11.5 Å². The number of hydrogen-bond donors (Lipinski definition) is 1. The third kappa shape index (κ3) is 5.64. The second kappa shape index (κ2) is 11.4. The molecule has 2 aromatic carbocycles. The lowest BCUT2D eigenvalue weighted by atomic mass is 10.0. The van der Waals surface area contributed by atoms with Gasteiger partial charge in [-0.3, -0.25) is 9.59 Å². The van der Waals surface area contributed by atoms with Gasteiger partial charge in [0.2, 0.25) is 0 Å². The summed E-state index contributed by atoms with van der Waals surface area (Å²) in [6.45, 7) is 2.99. The number of aromatic amines is 1. The van der Waals surface area contributed by atoms with Gasteiger partial charge in [0.05, 0.1) is 17.9 Å². The molecule has 9 nitrogen and oxygen atoms in total. The van der Waals surface area contributed by atoms with Crippen LogP contribution in [0.3, 0.4) is 0 Å². The Labute approximate surface area is 246 Å². The van der Waals surface area contributed by atoms with E-state index in [9.17, 15) is 22.8 Å². The Morgan fingerprint density at radius 3 is 2.53 bits per heavy atom. The summed E-state index contributed by atoms with van der Waals surface area (Å²) in [6.07, 6.45) is -2.03.